The maximum absolute atomic E-state index is 12.7. The molecule has 2 aliphatic rings. The molecule has 3 rings (SSSR count). The van der Waals surface area contributed by atoms with Crippen LogP contribution in [0.2, 0.25) is 0 Å². The Kier molecular flexibility index (Phi) is 3.45. The maximum atomic E-state index is 12.7. The van der Waals surface area contributed by atoms with Crippen LogP contribution in [0.15, 0.2) is 24.3 Å². The van der Waals surface area contributed by atoms with E-state index in [1.807, 2.05) is 6.92 Å². The third-order valence-corrected chi connectivity index (χ3v) is 5.32. The first kappa shape index (κ1) is 15.0. The van der Waals surface area contributed by atoms with Gasteiger partial charge in [-0.25, -0.2) is 18.1 Å². The van der Waals surface area contributed by atoms with Gasteiger partial charge in [-0.2, -0.15) is 4.31 Å². The van der Waals surface area contributed by atoms with E-state index in [1.165, 1.54) is 4.31 Å². The zero-order chi connectivity index (χ0) is 16.1. The van der Waals surface area contributed by atoms with Crippen molar-refractivity contribution in [1.82, 2.24) is 9.62 Å². The molecule has 1 aromatic carbocycles. The summed E-state index contributed by atoms with van der Waals surface area (Å²) in [5.41, 5.74) is 1.44. The normalized spacial score (nSPS) is 26.0. The first-order chi connectivity index (χ1) is 10.3. The number of rotatable bonds is 2. The van der Waals surface area contributed by atoms with Crippen LogP contribution in [0.1, 0.15) is 12.0 Å². The Labute approximate surface area is 128 Å². The molecule has 0 bridgehead atoms. The fourth-order valence-corrected chi connectivity index (χ4v) is 4.06. The average Bonchev–Trinajstić information content (AvgIpc) is 2.84. The lowest BCUT2D eigenvalue weighted by Crippen LogP contribution is -2.64. The van der Waals surface area contributed by atoms with Crippen molar-refractivity contribution in [2.75, 3.05) is 17.7 Å². The van der Waals surface area contributed by atoms with Crippen molar-refractivity contribution < 1.29 is 18.0 Å². The van der Waals surface area contributed by atoms with Crippen molar-refractivity contribution in [3.05, 3.63) is 29.8 Å². The van der Waals surface area contributed by atoms with E-state index in [0.29, 0.717) is 12.1 Å². The summed E-state index contributed by atoms with van der Waals surface area (Å²) < 4.78 is 24.9. The van der Waals surface area contributed by atoms with Crippen LogP contribution in [0, 0.1) is 6.92 Å². The summed E-state index contributed by atoms with van der Waals surface area (Å²) in [5, 5.41) is 2.73. The van der Waals surface area contributed by atoms with E-state index < -0.39 is 34.0 Å². The van der Waals surface area contributed by atoms with E-state index in [2.05, 4.69) is 5.32 Å². The number of aryl methyl sites for hydroxylation is 1. The largest absolute Gasteiger partial charge is 0.332 e. The van der Waals surface area contributed by atoms with E-state index in [1.54, 1.807) is 24.3 Å². The van der Waals surface area contributed by atoms with Crippen molar-refractivity contribution in [1.29, 1.82) is 0 Å². The van der Waals surface area contributed by atoms with Gasteiger partial charge in [-0.05, 0) is 25.5 Å². The van der Waals surface area contributed by atoms with E-state index in [0.717, 1.165) is 16.7 Å². The number of hydrogen-bond acceptors (Lipinski definition) is 4. The number of carbonyl (C=O) groups excluding carboxylic acids is 2. The topological polar surface area (TPSA) is 86.8 Å². The molecule has 2 fully saturated rings. The highest BCUT2D eigenvalue weighted by molar-refractivity contribution is 7.88. The van der Waals surface area contributed by atoms with Gasteiger partial charge >= 0.3 is 6.03 Å². The highest BCUT2D eigenvalue weighted by atomic mass is 32.2. The number of imide groups is 1. The van der Waals surface area contributed by atoms with Gasteiger partial charge < -0.3 is 5.32 Å². The molecular formula is C14H17N3O4S. The molecule has 0 aromatic heterocycles. The lowest BCUT2D eigenvalue weighted by molar-refractivity contribution is -0.122. The van der Waals surface area contributed by atoms with Gasteiger partial charge in [0.25, 0.3) is 5.91 Å². The fraction of sp³-hybridized carbons (Fsp3) is 0.429. The molecule has 2 heterocycles. The fourth-order valence-electron chi connectivity index (χ4n) is 2.98. The molecule has 1 aromatic rings. The average molecular weight is 323 g/mol. The zero-order valence-electron chi connectivity index (χ0n) is 12.3. The Morgan fingerprint density at radius 3 is 2.41 bits per heavy atom. The third-order valence-electron chi connectivity index (χ3n) is 4.06. The van der Waals surface area contributed by atoms with Crippen molar-refractivity contribution in [2.45, 2.75) is 25.4 Å². The molecule has 7 nitrogen and oxygen atoms in total. The summed E-state index contributed by atoms with van der Waals surface area (Å²) in [6, 6.07) is 5.10. The number of sulfonamides is 1. The van der Waals surface area contributed by atoms with Crippen LogP contribution in [0.25, 0.3) is 0 Å². The van der Waals surface area contributed by atoms with Gasteiger partial charge in [-0.3, -0.25) is 4.79 Å². The van der Waals surface area contributed by atoms with E-state index in [9.17, 15) is 18.0 Å². The van der Waals surface area contributed by atoms with Crippen LogP contribution in [0.5, 0.6) is 0 Å². The molecule has 0 spiro atoms. The van der Waals surface area contributed by atoms with Crippen molar-refractivity contribution in [3.63, 3.8) is 0 Å². The maximum Gasteiger partial charge on any atom is 0.329 e. The van der Waals surface area contributed by atoms with Crippen LogP contribution in [0.4, 0.5) is 10.5 Å². The highest BCUT2D eigenvalue weighted by Crippen LogP contribution is 2.29. The molecule has 2 atom stereocenters. The standard InChI is InChI=1S/C14H17N3O4S/c1-9-3-5-10(6-4-9)17-13(18)12-11(15-14(17)19)7-8-16(12)22(2,20)21/h3-6,11-12H,7-8H2,1-2H3,(H,15,19)/t11-,12+/m1/s1. The number of hydrogen-bond donors (Lipinski definition) is 1. The number of benzene rings is 1. The number of carbonyl (C=O) groups is 2. The molecular weight excluding hydrogens is 306 g/mol. The summed E-state index contributed by atoms with van der Waals surface area (Å²) in [6.45, 7) is 2.14. The lowest BCUT2D eigenvalue weighted by Gasteiger charge is -2.36. The number of urea groups is 1. The van der Waals surface area contributed by atoms with Crippen LogP contribution in [0.3, 0.4) is 0 Å². The molecule has 8 heteroatoms. The minimum Gasteiger partial charge on any atom is -0.332 e. The van der Waals surface area contributed by atoms with E-state index in [-0.39, 0.29) is 6.54 Å². The second-order valence-electron chi connectivity index (χ2n) is 5.67. The number of amides is 3. The molecule has 1 N–H and O–H groups in total. The van der Waals surface area contributed by atoms with Crippen molar-refractivity contribution >= 4 is 27.6 Å². The Morgan fingerprint density at radius 2 is 1.82 bits per heavy atom. The molecule has 3 amide bonds. The summed E-state index contributed by atoms with van der Waals surface area (Å²) in [6.07, 6.45) is 1.52. The lowest BCUT2D eigenvalue weighted by atomic mass is 10.1. The Balaban J connectivity index is 1.98. The minimum absolute atomic E-state index is 0.238. The second kappa shape index (κ2) is 5.06. The highest BCUT2D eigenvalue weighted by Gasteiger charge is 2.51. The molecule has 2 aliphatic heterocycles. The molecule has 0 unspecified atom stereocenters. The van der Waals surface area contributed by atoms with Gasteiger partial charge in [0.05, 0.1) is 18.0 Å². The van der Waals surface area contributed by atoms with Crippen molar-refractivity contribution in [3.8, 4) is 0 Å². The second-order valence-corrected chi connectivity index (χ2v) is 7.61. The number of fused-ring (bicyclic) bond motifs is 1. The molecule has 2 saturated heterocycles. The van der Waals surface area contributed by atoms with Crippen LogP contribution in [-0.2, 0) is 14.8 Å². The van der Waals surface area contributed by atoms with Gasteiger partial charge in [0.1, 0.15) is 6.04 Å². The number of nitrogens with zero attached hydrogens (tertiary/aromatic N) is 2. The molecule has 22 heavy (non-hydrogen) atoms. The minimum atomic E-state index is -3.50. The predicted octanol–water partition coefficient (Wildman–Crippen LogP) is 0.454. The summed E-state index contributed by atoms with van der Waals surface area (Å²) >= 11 is 0. The van der Waals surface area contributed by atoms with Gasteiger partial charge in [0.15, 0.2) is 0 Å². The molecule has 0 radical (unpaired) electrons. The third kappa shape index (κ3) is 2.38. The van der Waals surface area contributed by atoms with Gasteiger partial charge in [-0.1, -0.05) is 17.7 Å². The molecule has 0 saturated carbocycles. The van der Waals surface area contributed by atoms with Gasteiger partial charge in [0, 0.05) is 6.54 Å². The van der Waals surface area contributed by atoms with E-state index in [4.69, 9.17) is 0 Å². The van der Waals surface area contributed by atoms with Crippen LogP contribution >= 0.6 is 0 Å². The van der Waals surface area contributed by atoms with Gasteiger partial charge in [-0.15, -0.1) is 0 Å². The molecule has 118 valence electrons. The predicted molar refractivity (Wildman–Crippen MR) is 80.9 cm³/mol. The quantitative estimate of drug-likeness (QED) is 0.856. The molecule has 0 aliphatic carbocycles. The van der Waals surface area contributed by atoms with E-state index >= 15 is 0 Å². The number of anilines is 1. The van der Waals surface area contributed by atoms with Crippen LogP contribution < -0.4 is 10.2 Å². The SMILES string of the molecule is Cc1ccc(N2C(=O)N[C@@H]3CCN(S(C)(=O)=O)[C@@H]3C2=O)cc1. The monoisotopic (exact) mass is 323 g/mol. The number of nitrogens with one attached hydrogen (secondary N) is 1. The zero-order valence-corrected chi connectivity index (χ0v) is 13.1. The Bertz CT molecular complexity index is 729. The smallest absolute Gasteiger partial charge is 0.329 e. The van der Waals surface area contributed by atoms with Gasteiger partial charge in [0.2, 0.25) is 10.0 Å². The Hall–Kier alpha value is -1.93. The first-order valence-electron chi connectivity index (χ1n) is 6.97. The Morgan fingerprint density at radius 1 is 1.18 bits per heavy atom. The van der Waals surface area contributed by atoms with Crippen LogP contribution in [-0.4, -0.2) is 49.5 Å². The summed E-state index contributed by atoms with van der Waals surface area (Å²) in [7, 11) is -3.50. The summed E-state index contributed by atoms with van der Waals surface area (Å²) in [4.78, 5) is 26.0. The summed E-state index contributed by atoms with van der Waals surface area (Å²) in [5.74, 6) is -0.500. The first-order valence-corrected chi connectivity index (χ1v) is 8.82. The van der Waals surface area contributed by atoms with Crippen molar-refractivity contribution in [2.24, 2.45) is 0 Å².